The second kappa shape index (κ2) is 58.7. The van der Waals surface area contributed by atoms with Gasteiger partial charge >= 0.3 is 0 Å². The fourth-order valence-corrected chi connectivity index (χ4v) is 9.94. The van der Waals surface area contributed by atoms with Crippen molar-refractivity contribution >= 4 is 66.7 Å². The molecule has 108 heavy (non-hydrogen) atoms. The van der Waals surface area contributed by atoms with Crippen LogP contribution in [0, 0.1) is 16.2 Å². The Labute approximate surface area is 670 Å². The highest BCUT2D eigenvalue weighted by Gasteiger charge is 2.25. The van der Waals surface area contributed by atoms with Crippen molar-refractivity contribution in [2.24, 2.45) is 16.2 Å². The van der Waals surface area contributed by atoms with Gasteiger partial charge in [0.1, 0.15) is 11.0 Å². The molecular formula is C93H157N11O2S2. The van der Waals surface area contributed by atoms with Crippen LogP contribution in [-0.2, 0) is 47.6 Å². The lowest BCUT2D eigenvalue weighted by molar-refractivity contribution is 0.411. The fraction of sp³-hybridized carbons (Fsp3) is 0.559. The van der Waals surface area contributed by atoms with E-state index in [2.05, 4.69) is 223 Å². The number of aromatic nitrogens is 9. The number of hydrogen-bond donors (Lipinski definition) is 2. The molecule has 0 unspecified atom stereocenters. The number of benzene rings is 2. The Morgan fingerprint density at radius 2 is 0.806 bits per heavy atom. The quantitative estimate of drug-likeness (QED) is 0.147. The average Bonchev–Trinajstić information content (AvgIpc) is 1.14. The van der Waals surface area contributed by atoms with Crippen molar-refractivity contribution in [3.8, 4) is 0 Å². The van der Waals surface area contributed by atoms with E-state index in [1.165, 1.54) is 37.6 Å². The number of fused-ring (bicyclic) bond motifs is 6. The number of oxazole rings is 2. The van der Waals surface area contributed by atoms with Crippen LogP contribution in [0.3, 0.4) is 0 Å². The van der Waals surface area contributed by atoms with Gasteiger partial charge in [-0.3, -0.25) is 24.9 Å². The number of hydrogen-bond acceptors (Lipinski definition) is 15. The Morgan fingerprint density at radius 3 is 1.25 bits per heavy atom. The fourth-order valence-electron chi connectivity index (χ4n) is 7.67. The zero-order valence-electron chi connectivity index (χ0n) is 74.8. The minimum Gasteiger partial charge on any atom is -0.443 e. The summed E-state index contributed by atoms with van der Waals surface area (Å²) in [6.07, 6.45) is 16.2. The molecule has 0 bridgehead atoms. The van der Waals surface area contributed by atoms with E-state index in [9.17, 15) is 0 Å². The molecule has 13 nitrogen and oxygen atoms in total. The smallest absolute Gasteiger partial charge is 0.200 e. The molecule has 11 heterocycles. The molecule has 2 N–H and O–H groups in total. The molecule has 0 fully saturated rings. The van der Waals surface area contributed by atoms with Crippen molar-refractivity contribution in [1.29, 1.82) is 0 Å². The van der Waals surface area contributed by atoms with Gasteiger partial charge in [0.15, 0.2) is 17.6 Å². The van der Waals surface area contributed by atoms with Crippen molar-refractivity contribution in [1.82, 2.24) is 55.5 Å². The summed E-state index contributed by atoms with van der Waals surface area (Å²) >= 11 is 3.76. The Bertz CT molecular complexity index is 3560. The van der Waals surface area contributed by atoms with Gasteiger partial charge in [0, 0.05) is 112 Å². The van der Waals surface area contributed by atoms with E-state index in [0.29, 0.717) is 16.2 Å². The third-order valence-electron chi connectivity index (χ3n) is 11.9. The molecule has 0 atom stereocenters. The van der Waals surface area contributed by atoms with Gasteiger partial charge in [-0.25, -0.2) is 19.9 Å². The molecule has 11 aromatic rings. The highest BCUT2D eigenvalue weighted by molar-refractivity contribution is 7.12. The molecule has 0 aliphatic carbocycles. The van der Waals surface area contributed by atoms with Crippen molar-refractivity contribution in [3.05, 3.63) is 196 Å². The molecule has 0 radical (unpaired) electrons. The summed E-state index contributed by atoms with van der Waals surface area (Å²) in [6.45, 7) is 84.5. The first-order chi connectivity index (χ1) is 50.2. The van der Waals surface area contributed by atoms with Crippen LogP contribution in [0.15, 0.2) is 162 Å². The molecule has 0 saturated heterocycles. The predicted molar refractivity (Wildman–Crippen MR) is 483 cm³/mol. The van der Waals surface area contributed by atoms with Crippen molar-refractivity contribution in [3.63, 3.8) is 0 Å². The highest BCUT2D eigenvalue weighted by Crippen LogP contribution is 2.33. The normalized spacial score (nSPS) is 11.4. The standard InChI is InChI=1S/C12H14N2.C11H13NO.2C10H16N2S.C8H6N2.C7H5NO.C5H5N.3C5H12.7C2H6.CH4/c1-12(2,3)11-10-9(6-8-14-11)5-4-7-13-10;1-11(2,3)10-12-8-6-4-5-7-9(8)13-10;1-10(2,3)9-12-7-6-11-5-4-8(7)13-9;1-10(2,3)9-12-7-4-5-11-6-8(7)13-9;1-2-7-3-5-9-6-8(7)10-4-1;1-2-4-7-6(3-1)8-5-9-7;1-2-4-6-5-3-1;3*1-5(2,3)4;7*1-2;/h4-8H,1-3H3;4-7H,1-3H3;2*11H,4-6H2,1-3H3;1-6H;1-5H;1-5H;3*1-4H3;7*1-2H3;1H4. The van der Waals surface area contributed by atoms with E-state index in [4.69, 9.17) is 13.8 Å². The van der Waals surface area contributed by atoms with E-state index < -0.39 is 0 Å². The zero-order chi connectivity index (χ0) is 83.3. The Hall–Kier alpha value is -7.17. The molecule has 0 spiro atoms. The number of thiazole rings is 2. The second-order valence-corrected chi connectivity index (χ2v) is 33.9. The first-order valence-electron chi connectivity index (χ1n) is 39.5. The highest BCUT2D eigenvalue weighted by atomic mass is 32.1. The molecule has 2 aromatic carbocycles. The largest absolute Gasteiger partial charge is 0.443 e. The van der Waals surface area contributed by atoms with Gasteiger partial charge in [-0.05, 0) is 83.3 Å². The van der Waals surface area contributed by atoms with Crippen molar-refractivity contribution in [2.45, 2.75) is 318 Å². The Morgan fingerprint density at radius 1 is 0.352 bits per heavy atom. The maximum absolute atomic E-state index is 5.62. The third-order valence-corrected chi connectivity index (χ3v) is 15.0. The monoisotopic (exact) mass is 1520 g/mol. The lowest BCUT2D eigenvalue weighted by Gasteiger charge is -2.18. The number of pyridine rings is 5. The first kappa shape index (κ1) is 109. The number of nitrogens with one attached hydrogen (secondary N) is 2. The first-order valence-corrected chi connectivity index (χ1v) is 41.1. The number of nitrogens with zero attached hydrogens (tertiary/aromatic N) is 9. The van der Waals surface area contributed by atoms with Crippen LogP contribution < -0.4 is 10.6 Å². The van der Waals surface area contributed by atoms with Gasteiger partial charge in [-0.15, -0.1) is 22.7 Å². The SMILES string of the molecule is C.CC.CC.CC.CC.CC.CC.CC.CC(C)(C)C.CC(C)(C)C.CC(C)(C)C.CC(C)(C)c1nc2c(s1)CCNC2.CC(C)(C)c1nc2c(s1)CNCC2.CC(C)(C)c1nc2ccccc2o1.CC(C)(C)c1nccc2cccnc12.c1ccc2ocnc2c1.c1ccncc1.c1cnc2cnccc2c1. The van der Waals surface area contributed by atoms with Crippen LogP contribution >= 0.6 is 22.7 Å². The molecule has 2 aliphatic heterocycles. The zero-order valence-corrected chi connectivity index (χ0v) is 76.5. The van der Waals surface area contributed by atoms with Crippen molar-refractivity contribution in [2.75, 3.05) is 13.1 Å². The van der Waals surface area contributed by atoms with E-state index in [1.54, 1.807) is 31.0 Å². The molecule has 608 valence electrons. The minimum atomic E-state index is -0.0149. The van der Waals surface area contributed by atoms with Crippen LogP contribution in [-0.4, -0.2) is 57.9 Å². The molecule has 9 aromatic heterocycles. The minimum absolute atomic E-state index is 0. The summed E-state index contributed by atoms with van der Waals surface area (Å²) in [5.74, 6) is 0.800. The van der Waals surface area contributed by atoms with Crippen LogP contribution in [0.4, 0.5) is 0 Å². The summed E-state index contributed by atoms with van der Waals surface area (Å²) in [5, 5.41) is 11.6. The van der Waals surface area contributed by atoms with Crippen LogP contribution in [0.25, 0.3) is 44.0 Å². The third kappa shape index (κ3) is 51.3. The van der Waals surface area contributed by atoms with Gasteiger partial charge in [0.05, 0.1) is 44.3 Å². The van der Waals surface area contributed by atoms with E-state index in [-0.39, 0.29) is 29.1 Å². The van der Waals surface area contributed by atoms with Gasteiger partial charge in [-0.1, -0.05) is 313 Å². The maximum Gasteiger partial charge on any atom is 0.200 e. The summed E-state index contributed by atoms with van der Waals surface area (Å²) in [6, 6.07) is 33.1. The average molecular weight is 1530 g/mol. The summed E-state index contributed by atoms with van der Waals surface area (Å²) in [7, 11) is 0. The van der Waals surface area contributed by atoms with E-state index >= 15 is 0 Å². The summed E-state index contributed by atoms with van der Waals surface area (Å²) in [4.78, 5) is 41.3. The number of rotatable bonds is 0. The van der Waals surface area contributed by atoms with Gasteiger partial charge in [0.25, 0.3) is 0 Å². The lowest BCUT2D eigenvalue weighted by Crippen LogP contribution is -2.22. The molecule has 15 heteroatoms. The molecule has 0 amide bonds. The van der Waals surface area contributed by atoms with Gasteiger partial charge < -0.3 is 19.5 Å². The predicted octanol–water partition coefficient (Wildman–Crippen LogP) is 28.7. The molecular weight excluding hydrogens is 1370 g/mol. The maximum atomic E-state index is 5.62. The topological polar surface area (TPSA) is 166 Å². The van der Waals surface area contributed by atoms with Gasteiger partial charge in [0.2, 0.25) is 5.89 Å². The van der Waals surface area contributed by atoms with Gasteiger partial charge in [-0.2, -0.15) is 0 Å². The molecule has 13 rings (SSSR count). The van der Waals surface area contributed by atoms with Crippen molar-refractivity contribution < 1.29 is 8.83 Å². The Kier molecular flexibility index (Phi) is 59.5. The van der Waals surface area contributed by atoms with Crippen LogP contribution in [0.2, 0.25) is 0 Å². The number of para-hydroxylation sites is 4. The van der Waals surface area contributed by atoms with Crippen LogP contribution in [0.1, 0.15) is 313 Å². The van der Waals surface area contributed by atoms with Crippen LogP contribution in [0.5, 0.6) is 0 Å². The Balaban J connectivity index is -0.000000363. The lowest BCUT2D eigenvalue weighted by atomic mass is 9.90. The molecule has 0 saturated carbocycles. The van der Waals surface area contributed by atoms with E-state index in [1.807, 2.05) is 229 Å². The molecule has 2 aliphatic rings. The summed E-state index contributed by atoms with van der Waals surface area (Å²) < 4.78 is 10.6. The van der Waals surface area contributed by atoms with E-state index in [0.717, 1.165) is 94.6 Å². The summed E-state index contributed by atoms with van der Waals surface area (Å²) in [5.41, 5.74) is 11.2. The second-order valence-electron chi connectivity index (χ2n) is 31.8.